The number of benzene rings is 1. The van der Waals surface area contributed by atoms with Crippen LogP contribution in [-0.2, 0) is 4.79 Å². The molecule has 1 aromatic heterocycles. The van der Waals surface area contributed by atoms with E-state index in [0.717, 1.165) is 23.7 Å². The van der Waals surface area contributed by atoms with E-state index in [1.807, 2.05) is 24.6 Å². The number of urea groups is 1. The Morgan fingerprint density at radius 2 is 1.96 bits per heavy atom. The maximum absolute atomic E-state index is 11.9. The van der Waals surface area contributed by atoms with Crippen LogP contribution in [0.1, 0.15) is 24.0 Å². The molecule has 0 saturated heterocycles. The van der Waals surface area contributed by atoms with Crippen LogP contribution in [0.2, 0.25) is 0 Å². The fourth-order valence-corrected chi connectivity index (χ4v) is 3.20. The average Bonchev–Trinajstić information content (AvgIpc) is 3.18. The zero-order valence-corrected chi connectivity index (χ0v) is 14.5. The molecule has 2 N–H and O–H groups in total. The molecule has 1 aliphatic carbocycles. The molecule has 2 aromatic rings. The van der Waals surface area contributed by atoms with Gasteiger partial charge in [-0.25, -0.2) is 9.78 Å². The second-order valence-electron chi connectivity index (χ2n) is 6.01. The Balaban J connectivity index is 1.60. The van der Waals surface area contributed by atoms with Crippen LogP contribution in [0.3, 0.4) is 0 Å². The highest BCUT2D eigenvalue weighted by Gasteiger charge is 2.24. The van der Waals surface area contributed by atoms with Gasteiger partial charge in [0.15, 0.2) is 5.16 Å². The van der Waals surface area contributed by atoms with Crippen molar-refractivity contribution in [3.63, 3.8) is 0 Å². The van der Waals surface area contributed by atoms with Gasteiger partial charge in [0.1, 0.15) is 0 Å². The molecule has 6 nitrogen and oxygen atoms in total. The number of nitrogens with one attached hydrogen (secondary N) is 2. The van der Waals surface area contributed by atoms with Crippen LogP contribution >= 0.6 is 11.8 Å². The molecule has 1 aromatic carbocycles. The zero-order valence-electron chi connectivity index (χ0n) is 13.7. The third kappa shape index (κ3) is 4.38. The van der Waals surface area contributed by atoms with Crippen molar-refractivity contribution in [2.45, 2.75) is 37.9 Å². The van der Waals surface area contributed by atoms with E-state index < -0.39 is 6.03 Å². The molecule has 0 aliphatic heterocycles. The van der Waals surface area contributed by atoms with E-state index in [4.69, 9.17) is 0 Å². The first-order valence-corrected chi connectivity index (χ1v) is 8.85. The predicted octanol–water partition coefficient (Wildman–Crippen LogP) is 2.57. The molecule has 3 amide bonds. The molecule has 0 spiro atoms. The molecule has 3 rings (SSSR count). The van der Waals surface area contributed by atoms with Gasteiger partial charge in [-0.3, -0.25) is 14.7 Å². The molecule has 1 fully saturated rings. The quantitative estimate of drug-likeness (QED) is 0.818. The minimum atomic E-state index is -0.416. The van der Waals surface area contributed by atoms with E-state index in [-0.39, 0.29) is 17.7 Å². The second-order valence-corrected chi connectivity index (χ2v) is 6.95. The van der Waals surface area contributed by atoms with Gasteiger partial charge in [0.25, 0.3) is 0 Å². The predicted molar refractivity (Wildman–Crippen MR) is 93.5 cm³/mol. The van der Waals surface area contributed by atoms with Crippen LogP contribution < -0.4 is 10.6 Å². The van der Waals surface area contributed by atoms with Gasteiger partial charge in [0, 0.05) is 24.1 Å². The van der Waals surface area contributed by atoms with Gasteiger partial charge in [-0.1, -0.05) is 17.8 Å². The first kappa shape index (κ1) is 16.6. The maximum Gasteiger partial charge on any atom is 0.321 e. The summed E-state index contributed by atoms with van der Waals surface area (Å²) in [6, 6.07) is 6.07. The van der Waals surface area contributed by atoms with Crippen molar-refractivity contribution in [1.29, 1.82) is 0 Å². The number of hydrogen-bond donors (Lipinski definition) is 2. The molecule has 1 saturated carbocycles. The number of nitrogens with zero attached hydrogens (tertiary/aromatic N) is 2. The Morgan fingerprint density at radius 3 is 2.62 bits per heavy atom. The van der Waals surface area contributed by atoms with Gasteiger partial charge < -0.3 is 5.32 Å². The first-order valence-electron chi connectivity index (χ1n) is 7.86. The number of imidazole rings is 1. The Kier molecular flexibility index (Phi) is 4.89. The molecule has 0 unspecified atom stereocenters. The summed E-state index contributed by atoms with van der Waals surface area (Å²) in [6.45, 7) is 4.10. The van der Waals surface area contributed by atoms with Gasteiger partial charge in [-0.15, -0.1) is 0 Å². The summed E-state index contributed by atoms with van der Waals surface area (Å²) >= 11 is 1.30. The Hall–Kier alpha value is -2.28. The highest BCUT2D eigenvalue weighted by molar-refractivity contribution is 7.99. The first-order chi connectivity index (χ1) is 11.5. The van der Waals surface area contributed by atoms with Crippen molar-refractivity contribution in [1.82, 2.24) is 20.2 Å². The van der Waals surface area contributed by atoms with E-state index in [9.17, 15) is 9.59 Å². The van der Waals surface area contributed by atoms with Crippen molar-refractivity contribution in [3.8, 4) is 5.69 Å². The lowest BCUT2D eigenvalue weighted by molar-refractivity contribution is -0.117. The van der Waals surface area contributed by atoms with E-state index in [1.54, 1.807) is 6.20 Å². The fourth-order valence-electron chi connectivity index (χ4n) is 2.42. The minimum absolute atomic E-state index is 0.139. The summed E-state index contributed by atoms with van der Waals surface area (Å²) in [5.74, 6) is -0.187. The molecule has 0 atom stereocenters. The molecule has 0 radical (unpaired) electrons. The van der Waals surface area contributed by atoms with Crippen LogP contribution in [-0.4, -0.2) is 33.3 Å². The Bertz CT molecular complexity index is 747. The average molecular weight is 344 g/mol. The molecule has 24 heavy (non-hydrogen) atoms. The lowest BCUT2D eigenvalue weighted by Crippen LogP contribution is -2.41. The molecule has 1 heterocycles. The normalized spacial score (nSPS) is 13.6. The second kappa shape index (κ2) is 7.09. The number of hydrogen-bond acceptors (Lipinski definition) is 4. The number of aryl methyl sites for hydroxylation is 2. The SMILES string of the molecule is Cc1cc(C)cc(-n2ccnc2SCC(=O)NC(=O)NC2CC2)c1. The lowest BCUT2D eigenvalue weighted by Gasteiger charge is -2.10. The maximum atomic E-state index is 11.9. The summed E-state index contributed by atoms with van der Waals surface area (Å²) in [5.41, 5.74) is 3.35. The monoisotopic (exact) mass is 344 g/mol. The van der Waals surface area contributed by atoms with E-state index in [1.165, 1.54) is 22.9 Å². The van der Waals surface area contributed by atoms with Crippen molar-refractivity contribution in [2.24, 2.45) is 0 Å². The van der Waals surface area contributed by atoms with Crippen molar-refractivity contribution < 1.29 is 9.59 Å². The third-order valence-corrected chi connectivity index (χ3v) is 4.56. The van der Waals surface area contributed by atoms with E-state index in [0.29, 0.717) is 0 Å². The highest BCUT2D eigenvalue weighted by atomic mass is 32.2. The standard InChI is InChI=1S/C17H20N4O2S/c1-11-7-12(2)9-14(8-11)21-6-5-18-17(21)24-10-15(22)20-16(23)19-13-3-4-13/h5-9,13H,3-4,10H2,1-2H3,(H2,19,20,22,23). The zero-order chi connectivity index (χ0) is 17.1. The summed E-state index contributed by atoms with van der Waals surface area (Å²) in [5, 5.41) is 5.79. The smallest absolute Gasteiger partial charge is 0.321 e. The summed E-state index contributed by atoms with van der Waals surface area (Å²) in [6.07, 6.45) is 5.55. The molecule has 7 heteroatoms. The van der Waals surface area contributed by atoms with Crippen LogP contribution in [0.15, 0.2) is 35.7 Å². The topological polar surface area (TPSA) is 76.0 Å². The number of carbonyl (C=O) groups is 2. The van der Waals surface area contributed by atoms with Crippen molar-refractivity contribution in [3.05, 3.63) is 41.7 Å². The minimum Gasteiger partial charge on any atom is -0.335 e. The van der Waals surface area contributed by atoms with Crippen LogP contribution in [0.5, 0.6) is 0 Å². The van der Waals surface area contributed by atoms with Gasteiger partial charge in [-0.2, -0.15) is 0 Å². The van der Waals surface area contributed by atoms with Crippen molar-refractivity contribution in [2.75, 3.05) is 5.75 Å². The molecular formula is C17H20N4O2S. The Labute approximate surface area is 145 Å². The van der Waals surface area contributed by atoms with E-state index >= 15 is 0 Å². The molecule has 126 valence electrons. The summed E-state index contributed by atoms with van der Waals surface area (Å²) < 4.78 is 1.95. The number of carbonyl (C=O) groups excluding carboxylic acids is 2. The summed E-state index contributed by atoms with van der Waals surface area (Å²) in [4.78, 5) is 27.7. The van der Waals surface area contributed by atoms with Crippen LogP contribution in [0, 0.1) is 13.8 Å². The van der Waals surface area contributed by atoms with Crippen molar-refractivity contribution >= 4 is 23.7 Å². The van der Waals surface area contributed by atoms with Crippen LogP contribution in [0.4, 0.5) is 4.79 Å². The molecule has 0 bridgehead atoms. The number of rotatable bonds is 5. The number of imide groups is 1. The highest BCUT2D eigenvalue weighted by Crippen LogP contribution is 2.22. The van der Waals surface area contributed by atoms with Gasteiger partial charge in [0.2, 0.25) is 5.91 Å². The fraction of sp³-hybridized carbons (Fsp3) is 0.353. The number of amides is 3. The summed E-state index contributed by atoms with van der Waals surface area (Å²) in [7, 11) is 0. The van der Waals surface area contributed by atoms with Gasteiger partial charge >= 0.3 is 6.03 Å². The Morgan fingerprint density at radius 1 is 1.25 bits per heavy atom. The molecular weight excluding hydrogens is 324 g/mol. The lowest BCUT2D eigenvalue weighted by atomic mass is 10.1. The largest absolute Gasteiger partial charge is 0.335 e. The number of thioether (sulfide) groups is 1. The van der Waals surface area contributed by atoms with Gasteiger partial charge in [0.05, 0.1) is 5.75 Å². The molecule has 1 aliphatic rings. The van der Waals surface area contributed by atoms with E-state index in [2.05, 4.69) is 33.8 Å². The number of aromatic nitrogens is 2. The van der Waals surface area contributed by atoms with Gasteiger partial charge in [-0.05, 0) is 49.9 Å². The third-order valence-electron chi connectivity index (χ3n) is 3.59. The van der Waals surface area contributed by atoms with Crippen LogP contribution in [0.25, 0.3) is 5.69 Å².